The predicted octanol–water partition coefficient (Wildman–Crippen LogP) is -0.236. The second kappa shape index (κ2) is 5.32. The van der Waals surface area contributed by atoms with E-state index in [9.17, 15) is 4.79 Å². The summed E-state index contributed by atoms with van der Waals surface area (Å²) in [5, 5.41) is 15.8. The number of nitrogens with two attached hydrogens (primary N) is 1. The number of nitrogens with zero attached hydrogens (tertiary/aromatic N) is 3. The van der Waals surface area contributed by atoms with Crippen molar-refractivity contribution < 1.29 is 4.79 Å². The van der Waals surface area contributed by atoms with Gasteiger partial charge < -0.3 is 11.1 Å². The summed E-state index contributed by atoms with van der Waals surface area (Å²) in [7, 11) is 0. The number of hydrogen-bond donors (Lipinski definition) is 3. The lowest BCUT2D eigenvalue weighted by Gasteiger charge is -2.03. The second-order valence-corrected chi connectivity index (χ2v) is 3.89. The van der Waals surface area contributed by atoms with E-state index in [0.29, 0.717) is 16.4 Å². The summed E-state index contributed by atoms with van der Waals surface area (Å²) in [5.41, 5.74) is 6.70. The van der Waals surface area contributed by atoms with Gasteiger partial charge in [0, 0.05) is 11.1 Å². The molecule has 1 aromatic carbocycles. The maximum absolute atomic E-state index is 11.8. The molecule has 0 spiro atoms. The second-order valence-electron chi connectivity index (χ2n) is 3.45. The van der Waals surface area contributed by atoms with E-state index in [1.54, 1.807) is 24.3 Å². The van der Waals surface area contributed by atoms with Gasteiger partial charge in [0.25, 0.3) is 5.91 Å². The van der Waals surface area contributed by atoms with Crippen molar-refractivity contribution in [1.29, 1.82) is 0 Å². The minimum absolute atomic E-state index is 0.215. The highest BCUT2D eigenvalue weighted by molar-refractivity contribution is 7.80. The van der Waals surface area contributed by atoms with Gasteiger partial charge in [0.05, 0.1) is 6.54 Å². The number of nitrogens with one attached hydrogen (secondary N) is 2. The van der Waals surface area contributed by atoms with Gasteiger partial charge in [-0.3, -0.25) is 4.79 Å². The summed E-state index contributed by atoms with van der Waals surface area (Å²) in [4.78, 5) is 12.1. The zero-order valence-corrected chi connectivity index (χ0v) is 10.1. The van der Waals surface area contributed by atoms with Crippen LogP contribution in [0.3, 0.4) is 0 Å². The Hall–Kier alpha value is -2.35. The minimum Gasteiger partial charge on any atom is -0.389 e. The molecule has 0 aliphatic carbocycles. The Morgan fingerprint density at radius 3 is 2.56 bits per heavy atom. The lowest BCUT2D eigenvalue weighted by Crippen LogP contribution is -2.23. The maximum Gasteiger partial charge on any atom is 0.251 e. The molecule has 0 saturated carbocycles. The van der Waals surface area contributed by atoms with Gasteiger partial charge >= 0.3 is 0 Å². The van der Waals surface area contributed by atoms with Crippen LogP contribution < -0.4 is 11.1 Å². The number of rotatable bonds is 4. The van der Waals surface area contributed by atoms with Crippen LogP contribution in [0.2, 0.25) is 0 Å². The van der Waals surface area contributed by atoms with Gasteiger partial charge in [0.2, 0.25) is 0 Å². The molecule has 0 aliphatic heterocycles. The molecule has 0 unspecified atom stereocenters. The van der Waals surface area contributed by atoms with Crippen LogP contribution in [-0.2, 0) is 6.54 Å². The van der Waals surface area contributed by atoms with Gasteiger partial charge in [-0.2, -0.15) is 5.21 Å². The van der Waals surface area contributed by atoms with Crippen LogP contribution in [0.1, 0.15) is 21.7 Å². The monoisotopic (exact) mass is 262 g/mol. The molecule has 0 fully saturated rings. The van der Waals surface area contributed by atoms with E-state index in [-0.39, 0.29) is 12.5 Å². The number of aromatic nitrogens is 4. The molecule has 7 nitrogen and oxygen atoms in total. The number of H-pyrrole nitrogens is 1. The molecule has 8 heteroatoms. The molecule has 0 atom stereocenters. The first kappa shape index (κ1) is 12.1. The number of carbonyl (C=O) groups excluding carboxylic acids is 1. The third kappa shape index (κ3) is 2.86. The molecule has 0 saturated heterocycles. The SMILES string of the molecule is NC(=S)c1ccc(C(=O)NCc2nn[nH]n2)cc1. The van der Waals surface area contributed by atoms with Crippen LogP contribution >= 0.6 is 12.2 Å². The standard InChI is InChI=1S/C10H10N6OS/c11-9(18)6-1-3-7(4-2-6)10(17)12-5-8-13-15-16-14-8/h1-4H,5H2,(H2,11,18)(H,12,17)(H,13,14,15,16). The fourth-order valence-electron chi connectivity index (χ4n) is 1.30. The number of aromatic amines is 1. The molecule has 4 N–H and O–H groups in total. The fraction of sp³-hybridized carbons (Fsp3) is 0.100. The molecule has 2 aromatic rings. The lowest BCUT2D eigenvalue weighted by atomic mass is 10.1. The smallest absolute Gasteiger partial charge is 0.251 e. The quantitative estimate of drug-likeness (QED) is 0.656. The average Bonchev–Trinajstić information content (AvgIpc) is 2.89. The van der Waals surface area contributed by atoms with Gasteiger partial charge in [-0.1, -0.05) is 29.6 Å². The van der Waals surface area contributed by atoms with Crippen LogP contribution in [0, 0.1) is 0 Å². The van der Waals surface area contributed by atoms with Crippen molar-refractivity contribution in [3.8, 4) is 0 Å². The molecular formula is C10H10N6OS. The van der Waals surface area contributed by atoms with Gasteiger partial charge in [-0.05, 0) is 12.1 Å². The van der Waals surface area contributed by atoms with E-state index in [1.807, 2.05) is 0 Å². The zero-order chi connectivity index (χ0) is 13.0. The van der Waals surface area contributed by atoms with Crippen molar-refractivity contribution >= 4 is 23.1 Å². The van der Waals surface area contributed by atoms with Crippen LogP contribution in [0.5, 0.6) is 0 Å². The van der Waals surface area contributed by atoms with Gasteiger partial charge in [0.15, 0.2) is 5.82 Å². The first-order chi connectivity index (χ1) is 8.66. The molecule has 92 valence electrons. The Morgan fingerprint density at radius 2 is 2.00 bits per heavy atom. The number of tetrazole rings is 1. The van der Waals surface area contributed by atoms with Gasteiger partial charge in [-0.15, -0.1) is 10.2 Å². The van der Waals surface area contributed by atoms with E-state index < -0.39 is 0 Å². The van der Waals surface area contributed by atoms with E-state index in [4.69, 9.17) is 18.0 Å². The van der Waals surface area contributed by atoms with Crippen LogP contribution in [0.25, 0.3) is 0 Å². The van der Waals surface area contributed by atoms with E-state index >= 15 is 0 Å². The Labute approximate surface area is 108 Å². The maximum atomic E-state index is 11.8. The molecule has 0 aliphatic rings. The highest BCUT2D eigenvalue weighted by atomic mass is 32.1. The summed E-state index contributed by atoms with van der Waals surface area (Å²) in [6.45, 7) is 0.215. The molecule has 18 heavy (non-hydrogen) atoms. The number of carbonyl (C=O) groups is 1. The van der Waals surface area contributed by atoms with Gasteiger partial charge in [0.1, 0.15) is 4.99 Å². The first-order valence-electron chi connectivity index (χ1n) is 5.07. The Kier molecular flexibility index (Phi) is 3.58. The number of benzene rings is 1. The Bertz CT molecular complexity index is 550. The molecule has 2 rings (SSSR count). The van der Waals surface area contributed by atoms with Crippen molar-refractivity contribution in [2.24, 2.45) is 5.73 Å². The van der Waals surface area contributed by atoms with Crippen LogP contribution in [-0.4, -0.2) is 31.5 Å². The molecule has 0 bridgehead atoms. The molecule has 1 aromatic heterocycles. The number of hydrogen-bond acceptors (Lipinski definition) is 5. The predicted molar refractivity (Wildman–Crippen MR) is 67.7 cm³/mol. The van der Waals surface area contributed by atoms with Crippen molar-refractivity contribution in [3.05, 3.63) is 41.2 Å². The molecular weight excluding hydrogens is 252 g/mol. The fourth-order valence-corrected chi connectivity index (χ4v) is 1.44. The lowest BCUT2D eigenvalue weighted by molar-refractivity contribution is 0.0950. The highest BCUT2D eigenvalue weighted by Gasteiger charge is 2.07. The topological polar surface area (TPSA) is 110 Å². The van der Waals surface area contributed by atoms with Crippen molar-refractivity contribution in [2.75, 3.05) is 0 Å². The number of amides is 1. The summed E-state index contributed by atoms with van der Waals surface area (Å²) in [6, 6.07) is 6.71. The first-order valence-corrected chi connectivity index (χ1v) is 5.48. The summed E-state index contributed by atoms with van der Waals surface area (Å²) in [6.07, 6.45) is 0. The molecule has 1 heterocycles. The minimum atomic E-state index is -0.228. The van der Waals surface area contributed by atoms with E-state index in [2.05, 4.69) is 25.9 Å². The summed E-state index contributed by atoms with van der Waals surface area (Å²) < 4.78 is 0. The van der Waals surface area contributed by atoms with Crippen molar-refractivity contribution in [2.45, 2.75) is 6.54 Å². The van der Waals surface area contributed by atoms with Crippen molar-refractivity contribution in [1.82, 2.24) is 25.9 Å². The van der Waals surface area contributed by atoms with Gasteiger partial charge in [-0.25, -0.2) is 0 Å². The van der Waals surface area contributed by atoms with E-state index in [1.165, 1.54) is 0 Å². The summed E-state index contributed by atoms with van der Waals surface area (Å²) >= 11 is 4.83. The molecule has 1 amide bonds. The van der Waals surface area contributed by atoms with Crippen LogP contribution in [0.15, 0.2) is 24.3 Å². The molecule has 0 radical (unpaired) electrons. The van der Waals surface area contributed by atoms with E-state index in [0.717, 1.165) is 5.56 Å². The highest BCUT2D eigenvalue weighted by Crippen LogP contribution is 2.04. The third-order valence-electron chi connectivity index (χ3n) is 2.23. The Morgan fingerprint density at radius 1 is 1.33 bits per heavy atom. The average molecular weight is 262 g/mol. The third-order valence-corrected chi connectivity index (χ3v) is 2.46. The largest absolute Gasteiger partial charge is 0.389 e. The Balaban J connectivity index is 1.98. The normalized spacial score (nSPS) is 10.0. The van der Waals surface area contributed by atoms with Crippen molar-refractivity contribution in [3.63, 3.8) is 0 Å². The van der Waals surface area contributed by atoms with Crippen LogP contribution in [0.4, 0.5) is 0 Å². The summed E-state index contributed by atoms with van der Waals surface area (Å²) in [5.74, 6) is 0.192. The number of thiocarbonyl (C=S) groups is 1. The zero-order valence-electron chi connectivity index (χ0n) is 9.25.